The van der Waals surface area contributed by atoms with Crippen LogP contribution >= 0.6 is 31.9 Å². The molecule has 0 radical (unpaired) electrons. The van der Waals surface area contributed by atoms with Gasteiger partial charge in [-0.15, -0.1) is 0 Å². The third-order valence-electron chi connectivity index (χ3n) is 2.20. The van der Waals surface area contributed by atoms with Crippen molar-refractivity contribution in [3.8, 4) is 17.4 Å². The second kappa shape index (κ2) is 5.58. The van der Waals surface area contributed by atoms with Crippen LogP contribution in [0.5, 0.6) is 17.4 Å². The van der Waals surface area contributed by atoms with Crippen LogP contribution < -0.4 is 15.2 Å². The van der Waals surface area contributed by atoms with E-state index in [1.165, 1.54) is 0 Å². The van der Waals surface area contributed by atoms with Gasteiger partial charge < -0.3 is 15.2 Å². The number of nitrogens with zero attached hydrogens (tertiary/aromatic N) is 1. The lowest BCUT2D eigenvalue weighted by atomic mass is 10.3. The number of methoxy groups -OCH3 is 1. The molecule has 2 rings (SSSR count). The third-order valence-corrected chi connectivity index (χ3v) is 3.20. The summed E-state index contributed by atoms with van der Waals surface area (Å²) in [4.78, 5) is 4.15. The lowest BCUT2D eigenvalue weighted by Crippen LogP contribution is -1.95. The van der Waals surface area contributed by atoms with Crippen molar-refractivity contribution < 1.29 is 9.47 Å². The van der Waals surface area contributed by atoms with E-state index in [1.807, 2.05) is 6.07 Å². The Hall–Kier alpha value is -1.27. The van der Waals surface area contributed by atoms with Gasteiger partial charge in [-0.3, -0.25) is 0 Å². The molecule has 2 N–H and O–H groups in total. The maximum Gasteiger partial charge on any atom is 0.233 e. The van der Waals surface area contributed by atoms with Gasteiger partial charge in [0, 0.05) is 16.7 Å². The van der Waals surface area contributed by atoms with E-state index in [0.29, 0.717) is 23.1 Å². The van der Waals surface area contributed by atoms with Gasteiger partial charge in [-0.1, -0.05) is 0 Å². The molecule has 0 saturated heterocycles. The van der Waals surface area contributed by atoms with E-state index in [9.17, 15) is 0 Å². The Balaban J connectivity index is 2.28. The van der Waals surface area contributed by atoms with Gasteiger partial charge in [-0.2, -0.15) is 0 Å². The van der Waals surface area contributed by atoms with Crippen LogP contribution in [0, 0.1) is 0 Å². The average molecular weight is 374 g/mol. The van der Waals surface area contributed by atoms with E-state index in [1.54, 1.807) is 31.5 Å². The van der Waals surface area contributed by atoms with Crippen LogP contribution in [0.4, 0.5) is 5.69 Å². The molecule has 1 aromatic carbocycles. The van der Waals surface area contributed by atoms with Gasteiger partial charge in [0.25, 0.3) is 0 Å². The molecule has 0 saturated carbocycles. The van der Waals surface area contributed by atoms with Gasteiger partial charge in [0.2, 0.25) is 5.88 Å². The predicted octanol–water partition coefficient (Wildman–Crippen LogP) is 3.99. The van der Waals surface area contributed by atoms with Crippen LogP contribution in [-0.2, 0) is 0 Å². The summed E-state index contributed by atoms with van der Waals surface area (Å²) in [6.07, 6.45) is 1.65. The van der Waals surface area contributed by atoms with Crippen LogP contribution in [0.15, 0.2) is 39.4 Å². The molecule has 4 nitrogen and oxygen atoms in total. The van der Waals surface area contributed by atoms with Crippen molar-refractivity contribution in [2.24, 2.45) is 0 Å². The summed E-state index contributed by atoms with van der Waals surface area (Å²) in [5.74, 6) is 1.67. The third kappa shape index (κ3) is 2.94. The maximum atomic E-state index is 5.87. The zero-order valence-electron chi connectivity index (χ0n) is 9.48. The SMILES string of the molecule is COc1ccc(Oc2ncc(Br)cc2Br)c(N)c1. The lowest BCUT2D eigenvalue weighted by molar-refractivity contribution is 0.412. The minimum atomic E-state index is 0.454. The largest absolute Gasteiger partial charge is 0.497 e. The van der Waals surface area contributed by atoms with Crippen LogP contribution in [-0.4, -0.2) is 12.1 Å². The summed E-state index contributed by atoms with van der Waals surface area (Å²) in [5, 5.41) is 0. The van der Waals surface area contributed by atoms with Crippen molar-refractivity contribution in [1.82, 2.24) is 4.98 Å². The van der Waals surface area contributed by atoms with Crippen molar-refractivity contribution in [3.05, 3.63) is 39.4 Å². The number of hydrogen-bond acceptors (Lipinski definition) is 4. The molecule has 0 aliphatic carbocycles. The number of nitrogen functional groups attached to an aromatic ring is 1. The second-order valence-electron chi connectivity index (χ2n) is 3.45. The van der Waals surface area contributed by atoms with Crippen LogP contribution in [0.25, 0.3) is 0 Å². The number of aromatic nitrogens is 1. The molecule has 0 fully saturated rings. The summed E-state index contributed by atoms with van der Waals surface area (Å²) < 4.78 is 12.3. The standard InChI is InChI=1S/C12H10Br2N2O2/c1-17-8-2-3-11(10(15)5-8)18-12-9(14)4-7(13)6-16-12/h2-6H,15H2,1H3. The van der Waals surface area contributed by atoms with Gasteiger partial charge in [0.1, 0.15) is 5.75 Å². The Labute approximate surface area is 121 Å². The zero-order chi connectivity index (χ0) is 13.1. The van der Waals surface area contributed by atoms with E-state index in [2.05, 4.69) is 36.8 Å². The first-order chi connectivity index (χ1) is 8.60. The quantitative estimate of drug-likeness (QED) is 0.826. The number of halogens is 2. The fourth-order valence-corrected chi connectivity index (χ4v) is 2.40. The minimum Gasteiger partial charge on any atom is -0.497 e. The Morgan fingerprint density at radius 1 is 1.22 bits per heavy atom. The summed E-state index contributed by atoms with van der Waals surface area (Å²) in [7, 11) is 1.59. The molecule has 0 unspecified atom stereocenters. The van der Waals surface area contributed by atoms with E-state index in [-0.39, 0.29) is 0 Å². The topological polar surface area (TPSA) is 57.4 Å². The van der Waals surface area contributed by atoms with Crippen molar-refractivity contribution in [1.29, 1.82) is 0 Å². The van der Waals surface area contributed by atoms with Gasteiger partial charge in [0.15, 0.2) is 5.75 Å². The van der Waals surface area contributed by atoms with E-state index < -0.39 is 0 Å². The second-order valence-corrected chi connectivity index (χ2v) is 5.22. The highest BCUT2D eigenvalue weighted by molar-refractivity contribution is 9.11. The van der Waals surface area contributed by atoms with Crippen LogP contribution in [0.3, 0.4) is 0 Å². The molecular weight excluding hydrogens is 364 g/mol. The Morgan fingerprint density at radius 3 is 2.61 bits per heavy atom. The van der Waals surface area contributed by atoms with Crippen LogP contribution in [0.1, 0.15) is 0 Å². The van der Waals surface area contributed by atoms with E-state index in [4.69, 9.17) is 15.2 Å². The fourth-order valence-electron chi connectivity index (χ4n) is 1.33. The molecule has 18 heavy (non-hydrogen) atoms. The van der Waals surface area contributed by atoms with E-state index in [0.717, 1.165) is 8.95 Å². The van der Waals surface area contributed by atoms with E-state index >= 15 is 0 Å². The first-order valence-electron chi connectivity index (χ1n) is 5.02. The van der Waals surface area contributed by atoms with Crippen molar-refractivity contribution >= 4 is 37.5 Å². The summed E-state index contributed by atoms with van der Waals surface area (Å²) in [6.45, 7) is 0. The molecule has 0 spiro atoms. The highest BCUT2D eigenvalue weighted by atomic mass is 79.9. The smallest absolute Gasteiger partial charge is 0.233 e. The summed E-state index contributed by atoms with van der Waals surface area (Å²) in [6, 6.07) is 7.06. The van der Waals surface area contributed by atoms with Crippen molar-refractivity contribution in [2.75, 3.05) is 12.8 Å². The van der Waals surface area contributed by atoms with Crippen LogP contribution in [0.2, 0.25) is 0 Å². The average Bonchev–Trinajstić information content (AvgIpc) is 2.34. The summed E-state index contributed by atoms with van der Waals surface area (Å²) >= 11 is 6.70. The Morgan fingerprint density at radius 2 is 2.00 bits per heavy atom. The lowest BCUT2D eigenvalue weighted by Gasteiger charge is -2.10. The maximum absolute atomic E-state index is 5.87. The molecule has 2 aromatic rings. The van der Waals surface area contributed by atoms with Gasteiger partial charge in [-0.05, 0) is 50.1 Å². The molecule has 6 heteroatoms. The number of anilines is 1. The molecule has 1 aromatic heterocycles. The first kappa shape index (κ1) is 13.2. The number of benzene rings is 1. The highest BCUT2D eigenvalue weighted by Gasteiger charge is 2.08. The molecule has 1 heterocycles. The molecule has 0 aliphatic heterocycles. The first-order valence-corrected chi connectivity index (χ1v) is 6.61. The molecular formula is C12H10Br2N2O2. The monoisotopic (exact) mass is 372 g/mol. The molecule has 0 bridgehead atoms. The molecule has 0 amide bonds. The summed E-state index contributed by atoms with van der Waals surface area (Å²) in [5.41, 5.74) is 6.36. The molecule has 0 atom stereocenters. The minimum absolute atomic E-state index is 0.454. The number of hydrogen-bond donors (Lipinski definition) is 1. The zero-order valence-corrected chi connectivity index (χ0v) is 12.7. The Bertz CT molecular complexity index is 576. The van der Waals surface area contributed by atoms with Gasteiger partial charge in [-0.25, -0.2) is 4.98 Å². The normalized spacial score (nSPS) is 10.2. The molecule has 94 valence electrons. The van der Waals surface area contributed by atoms with Gasteiger partial charge >= 0.3 is 0 Å². The van der Waals surface area contributed by atoms with Crippen molar-refractivity contribution in [3.63, 3.8) is 0 Å². The fraction of sp³-hybridized carbons (Fsp3) is 0.0833. The predicted molar refractivity (Wildman–Crippen MR) is 77.1 cm³/mol. The van der Waals surface area contributed by atoms with Crippen molar-refractivity contribution in [2.45, 2.75) is 0 Å². The highest BCUT2D eigenvalue weighted by Crippen LogP contribution is 2.33. The van der Waals surface area contributed by atoms with Gasteiger partial charge in [0.05, 0.1) is 17.3 Å². The molecule has 0 aliphatic rings. The number of rotatable bonds is 3. The number of pyridine rings is 1. The number of nitrogens with two attached hydrogens (primary N) is 1. The number of ether oxygens (including phenoxy) is 2. The Kier molecular flexibility index (Phi) is 4.08.